The fraction of sp³-hybridized carbons (Fsp3) is 0.667. The first-order valence-corrected chi connectivity index (χ1v) is 2.76. The predicted octanol–water partition coefficient (Wildman–Crippen LogP) is 1.16. The largest absolute Gasteiger partial charge is 0.466 e. The van der Waals surface area contributed by atoms with Crippen molar-refractivity contribution in [1.82, 2.24) is 0 Å². The molecule has 0 saturated heterocycles. The maximum atomic E-state index is 10.3. The standard InChI is InChI=1S/C6H11O2/c1-3-5-8-6(7)4-2/h1,3-5H2,2H3. The first kappa shape index (κ1) is 7.47. The van der Waals surface area contributed by atoms with E-state index in [9.17, 15) is 4.79 Å². The quantitative estimate of drug-likeness (QED) is 0.516. The Kier molecular flexibility index (Phi) is 4.32. The van der Waals surface area contributed by atoms with E-state index in [2.05, 4.69) is 11.7 Å². The Bertz CT molecular complexity index is 68.9. The summed E-state index contributed by atoms with van der Waals surface area (Å²) < 4.78 is 4.64. The Morgan fingerprint density at radius 3 is 2.75 bits per heavy atom. The minimum absolute atomic E-state index is 0.145. The predicted molar refractivity (Wildman–Crippen MR) is 31.2 cm³/mol. The van der Waals surface area contributed by atoms with Gasteiger partial charge in [0.1, 0.15) is 0 Å². The minimum atomic E-state index is -0.145. The van der Waals surface area contributed by atoms with Crippen LogP contribution < -0.4 is 0 Å². The first-order valence-electron chi connectivity index (χ1n) is 2.76. The van der Waals surface area contributed by atoms with E-state index in [1.54, 1.807) is 6.92 Å². The molecule has 0 aliphatic rings. The van der Waals surface area contributed by atoms with Crippen molar-refractivity contribution in [2.45, 2.75) is 19.8 Å². The highest BCUT2D eigenvalue weighted by Crippen LogP contribution is 1.84. The second-order valence-electron chi connectivity index (χ2n) is 1.43. The molecule has 0 aromatic heterocycles. The molecular weight excluding hydrogens is 104 g/mol. The lowest BCUT2D eigenvalue weighted by Crippen LogP contribution is -2.02. The molecular formula is C6H11O2. The van der Waals surface area contributed by atoms with Gasteiger partial charge < -0.3 is 4.74 Å². The monoisotopic (exact) mass is 115 g/mol. The fourth-order valence-electron chi connectivity index (χ4n) is 0.288. The molecule has 0 aliphatic carbocycles. The van der Waals surface area contributed by atoms with Gasteiger partial charge in [0.25, 0.3) is 0 Å². The summed E-state index contributed by atoms with van der Waals surface area (Å²) >= 11 is 0. The van der Waals surface area contributed by atoms with Crippen molar-refractivity contribution in [2.75, 3.05) is 6.61 Å². The highest BCUT2D eigenvalue weighted by atomic mass is 16.5. The molecule has 0 spiro atoms. The fourth-order valence-corrected chi connectivity index (χ4v) is 0.288. The van der Waals surface area contributed by atoms with Gasteiger partial charge in [0.2, 0.25) is 0 Å². The van der Waals surface area contributed by atoms with Gasteiger partial charge in [-0.05, 0) is 13.3 Å². The third kappa shape index (κ3) is 3.65. The molecule has 0 bridgehead atoms. The van der Waals surface area contributed by atoms with Gasteiger partial charge in [-0.25, -0.2) is 0 Å². The molecule has 0 fully saturated rings. The van der Waals surface area contributed by atoms with E-state index in [0.717, 1.165) is 0 Å². The maximum Gasteiger partial charge on any atom is 0.305 e. The molecule has 0 aromatic carbocycles. The van der Waals surface area contributed by atoms with E-state index in [4.69, 9.17) is 0 Å². The second-order valence-corrected chi connectivity index (χ2v) is 1.43. The Morgan fingerprint density at radius 2 is 2.38 bits per heavy atom. The minimum Gasteiger partial charge on any atom is -0.466 e. The molecule has 8 heavy (non-hydrogen) atoms. The molecule has 0 amide bonds. The van der Waals surface area contributed by atoms with Crippen LogP contribution in [0.1, 0.15) is 19.8 Å². The summed E-state index contributed by atoms with van der Waals surface area (Å²) in [5, 5.41) is 0. The molecule has 47 valence electrons. The molecule has 0 atom stereocenters. The van der Waals surface area contributed by atoms with Crippen LogP contribution >= 0.6 is 0 Å². The summed E-state index contributed by atoms with van der Waals surface area (Å²) in [5.74, 6) is -0.145. The number of ether oxygens (including phenoxy) is 1. The van der Waals surface area contributed by atoms with Gasteiger partial charge in [0.05, 0.1) is 6.61 Å². The van der Waals surface area contributed by atoms with Crippen LogP contribution in [0.2, 0.25) is 0 Å². The summed E-state index contributed by atoms with van der Waals surface area (Å²) in [6.45, 7) is 5.74. The van der Waals surface area contributed by atoms with Gasteiger partial charge in [0.15, 0.2) is 0 Å². The van der Waals surface area contributed by atoms with E-state index < -0.39 is 0 Å². The van der Waals surface area contributed by atoms with Crippen LogP contribution in [0.5, 0.6) is 0 Å². The Hall–Kier alpha value is -0.530. The van der Waals surface area contributed by atoms with Crippen LogP contribution in [0.4, 0.5) is 0 Å². The second kappa shape index (κ2) is 4.62. The number of esters is 1. The summed E-state index contributed by atoms with van der Waals surface area (Å²) in [6, 6.07) is 0. The number of rotatable bonds is 3. The average Bonchev–Trinajstić information content (AvgIpc) is 1.83. The van der Waals surface area contributed by atoms with Gasteiger partial charge in [-0.2, -0.15) is 0 Å². The van der Waals surface area contributed by atoms with Crippen LogP contribution in [-0.2, 0) is 9.53 Å². The highest BCUT2D eigenvalue weighted by Gasteiger charge is 1.93. The molecule has 0 aromatic rings. The molecule has 1 radical (unpaired) electrons. The molecule has 0 N–H and O–H groups in total. The van der Waals surface area contributed by atoms with Crippen molar-refractivity contribution in [2.24, 2.45) is 0 Å². The molecule has 0 unspecified atom stereocenters. The topological polar surface area (TPSA) is 26.3 Å². The van der Waals surface area contributed by atoms with E-state index in [0.29, 0.717) is 19.4 Å². The number of hydrogen-bond donors (Lipinski definition) is 0. The third-order valence-electron chi connectivity index (χ3n) is 0.696. The zero-order chi connectivity index (χ0) is 6.41. The third-order valence-corrected chi connectivity index (χ3v) is 0.696. The van der Waals surface area contributed by atoms with E-state index in [-0.39, 0.29) is 5.97 Å². The molecule has 0 aliphatic heterocycles. The Balaban J connectivity index is 2.99. The Morgan fingerprint density at radius 1 is 1.75 bits per heavy atom. The van der Waals surface area contributed by atoms with Crippen molar-refractivity contribution >= 4 is 5.97 Å². The Labute approximate surface area is 49.8 Å². The van der Waals surface area contributed by atoms with Crippen LogP contribution in [0.15, 0.2) is 0 Å². The van der Waals surface area contributed by atoms with Crippen molar-refractivity contribution in [3.05, 3.63) is 6.92 Å². The van der Waals surface area contributed by atoms with E-state index >= 15 is 0 Å². The summed E-state index contributed by atoms with van der Waals surface area (Å²) in [5.41, 5.74) is 0. The smallest absolute Gasteiger partial charge is 0.305 e. The lowest BCUT2D eigenvalue weighted by atomic mass is 10.5. The van der Waals surface area contributed by atoms with Crippen LogP contribution in [0.25, 0.3) is 0 Å². The van der Waals surface area contributed by atoms with Gasteiger partial charge >= 0.3 is 5.97 Å². The van der Waals surface area contributed by atoms with Crippen molar-refractivity contribution in [3.8, 4) is 0 Å². The van der Waals surface area contributed by atoms with Gasteiger partial charge in [0, 0.05) is 6.42 Å². The molecule has 0 rings (SSSR count). The first-order chi connectivity index (χ1) is 3.81. The lowest BCUT2D eigenvalue weighted by Gasteiger charge is -1.97. The van der Waals surface area contributed by atoms with Gasteiger partial charge in [-0.3, -0.25) is 4.79 Å². The zero-order valence-corrected chi connectivity index (χ0v) is 5.14. The highest BCUT2D eigenvalue weighted by molar-refractivity contribution is 5.68. The molecule has 2 heteroatoms. The summed E-state index contributed by atoms with van der Waals surface area (Å²) in [6.07, 6.45) is 1.12. The van der Waals surface area contributed by atoms with Crippen molar-refractivity contribution < 1.29 is 9.53 Å². The SMILES string of the molecule is [CH2]CCOC(=O)CC. The van der Waals surface area contributed by atoms with E-state index in [1.807, 2.05) is 0 Å². The number of carbonyl (C=O) groups excluding carboxylic acids is 1. The molecule has 2 nitrogen and oxygen atoms in total. The summed E-state index contributed by atoms with van der Waals surface area (Å²) in [4.78, 5) is 10.3. The molecule has 0 heterocycles. The number of carbonyl (C=O) groups is 1. The van der Waals surface area contributed by atoms with Crippen molar-refractivity contribution in [3.63, 3.8) is 0 Å². The maximum absolute atomic E-state index is 10.3. The normalized spacial score (nSPS) is 8.75. The average molecular weight is 115 g/mol. The van der Waals surface area contributed by atoms with Gasteiger partial charge in [-0.1, -0.05) is 6.92 Å². The van der Waals surface area contributed by atoms with Crippen LogP contribution in [0.3, 0.4) is 0 Å². The summed E-state index contributed by atoms with van der Waals surface area (Å²) in [7, 11) is 0. The molecule has 0 saturated carbocycles. The number of hydrogen-bond acceptors (Lipinski definition) is 2. The van der Waals surface area contributed by atoms with Crippen LogP contribution in [-0.4, -0.2) is 12.6 Å². The lowest BCUT2D eigenvalue weighted by molar-refractivity contribution is -0.143. The zero-order valence-electron chi connectivity index (χ0n) is 5.14. The van der Waals surface area contributed by atoms with Gasteiger partial charge in [-0.15, -0.1) is 0 Å². The van der Waals surface area contributed by atoms with Crippen molar-refractivity contribution in [1.29, 1.82) is 0 Å². The van der Waals surface area contributed by atoms with E-state index in [1.165, 1.54) is 0 Å². The van der Waals surface area contributed by atoms with Crippen LogP contribution in [0, 0.1) is 6.92 Å².